The normalized spacial score (nSPS) is 35.0. The second-order valence-corrected chi connectivity index (χ2v) is 4.92. The first-order valence-corrected chi connectivity index (χ1v) is 5.29. The molecule has 0 bridgehead atoms. The first-order valence-electron chi connectivity index (χ1n) is 5.29. The summed E-state index contributed by atoms with van der Waals surface area (Å²) in [4.78, 5) is 0. The molecule has 12 heavy (non-hydrogen) atoms. The Bertz CT molecular complexity index is 140. The second kappa shape index (κ2) is 3.78. The number of rotatable bonds is 2. The molecule has 0 aromatic carbocycles. The Morgan fingerprint density at radius 2 is 2.08 bits per heavy atom. The highest BCUT2D eigenvalue weighted by atomic mass is 14.9. The summed E-state index contributed by atoms with van der Waals surface area (Å²) in [5.41, 5.74) is 0.575. The molecule has 0 heterocycles. The van der Waals surface area contributed by atoms with E-state index < -0.39 is 0 Å². The molecule has 1 aliphatic rings. The highest BCUT2D eigenvalue weighted by Gasteiger charge is 2.32. The summed E-state index contributed by atoms with van der Waals surface area (Å²) < 4.78 is 0. The van der Waals surface area contributed by atoms with E-state index in [1.807, 2.05) is 0 Å². The minimum Gasteiger partial charge on any atom is -0.314 e. The molecule has 1 heteroatoms. The van der Waals surface area contributed by atoms with Crippen LogP contribution in [0.1, 0.15) is 47.0 Å². The molecule has 2 atom stereocenters. The third-order valence-electron chi connectivity index (χ3n) is 3.60. The maximum absolute atomic E-state index is 3.55. The molecule has 0 amide bonds. The molecule has 0 aliphatic heterocycles. The standard InChI is InChI=1S/C11H23N/c1-5-12-10-6-7-11(3,4)9(2)8-10/h9-10,12H,5-8H2,1-4H3/t9?,10-/m0/s1. The van der Waals surface area contributed by atoms with Crippen molar-refractivity contribution in [2.45, 2.75) is 53.0 Å². The lowest BCUT2D eigenvalue weighted by atomic mass is 9.68. The summed E-state index contributed by atoms with van der Waals surface area (Å²) in [7, 11) is 0. The zero-order valence-electron chi connectivity index (χ0n) is 8.98. The zero-order chi connectivity index (χ0) is 9.19. The Hall–Kier alpha value is -0.0400. The minimum absolute atomic E-state index is 0.575. The molecule has 1 aliphatic carbocycles. The van der Waals surface area contributed by atoms with Gasteiger partial charge in [0.15, 0.2) is 0 Å². The number of hydrogen-bond donors (Lipinski definition) is 1. The predicted molar refractivity (Wildman–Crippen MR) is 54.3 cm³/mol. The fraction of sp³-hybridized carbons (Fsp3) is 1.00. The largest absolute Gasteiger partial charge is 0.314 e. The van der Waals surface area contributed by atoms with Crippen LogP contribution >= 0.6 is 0 Å². The maximum Gasteiger partial charge on any atom is 0.00698 e. The summed E-state index contributed by atoms with van der Waals surface area (Å²) in [6.45, 7) is 10.5. The Balaban J connectivity index is 2.41. The molecular formula is C11H23N. The van der Waals surface area contributed by atoms with Crippen LogP contribution < -0.4 is 5.32 Å². The van der Waals surface area contributed by atoms with Gasteiger partial charge in [-0.2, -0.15) is 0 Å². The molecule has 1 N–H and O–H groups in total. The van der Waals surface area contributed by atoms with Gasteiger partial charge in [0, 0.05) is 6.04 Å². The molecule has 1 nitrogen and oxygen atoms in total. The molecule has 1 fully saturated rings. The van der Waals surface area contributed by atoms with Crippen molar-refractivity contribution in [2.75, 3.05) is 6.54 Å². The molecule has 0 radical (unpaired) electrons. The third kappa shape index (κ3) is 2.22. The maximum atomic E-state index is 3.55. The molecule has 1 saturated carbocycles. The van der Waals surface area contributed by atoms with Crippen LogP contribution in [0.25, 0.3) is 0 Å². The van der Waals surface area contributed by atoms with E-state index in [-0.39, 0.29) is 0 Å². The van der Waals surface area contributed by atoms with Crippen LogP contribution in [0.5, 0.6) is 0 Å². The lowest BCUT2D eigenvalue weighted by molar-refractivity contribution is 0.127. The highest BCUT2D eigenvalue weighted by molar-refractivity contribution is 4.86. The molecular weight excluding hydrogens is 146 g/mol. The Morgan fingerprint density at radius 3 is 2.58 bits per heavy atom. The van der Waals surface area contributed by atoms with E-state index in [4.69, 9.17) is 0 Å². The molecule has 0 spiro atoms. The summed E-state index contributed by atoms with van der Waals surface area (Å²) in [6, 6.07) is 0.790. The van der Waals surface area contributed by atoms with Crippen LogP contribution in [0.15, 0.2) is 0 Å². The first kappa shape index (κ1) is 10.0. The summed E-state index contributed by atoms with van der Waals surface area (Å²) in [5.74, 6) is 0.871. The topological polar surface area (TPSA) is 12.0 Å². The smallest absolute Gasteiger partial charge is 0.00698 e. The van der Waals surface area contributed by atoms with E-state index >= 15 is 0 Å². The van der Waals surface area contributed by atoms with Crippen molar-refractivity contribution in [1.29, 1.82) is 0 Å². The van der Waals surface area contributed by atoms with Crippen LogP contribution in [0, 0.1) is 11.3 Å². The van der Waals surface area contributed by atoms with E-state index in [2.05, 4.69) is 33.0 Å². The van der Waals surface area contributed by atoms with Gasteiger partial charge < -0.3 is 5.32 Å². The van der Waals surface area contributed by atoms with Gasteiger partial charge in [0.1, 0.15) is 0 Å². The average Bonchev–Trinajstić information content (AvgIpc) is 1.98. The van der Waals surface area contributed by atoms with Gasteiger partial charge in [0.25, 0.3) is 0 Å². The predicted octanol–water partition coefficient (Wildman–Crippen LogP) is 2.81. The molecule has 1 unspecified atom stereocenters. The average molecular weight is 169 g/mol. The second-order valence-electron chi connectivity index (χ2n) is 4.92. The molecule has 0 aromatic rings. The van der Waals surface area contributed by atoms with Gasteiger partial charge in [-0.3, -0.25) is 0 Å². The van der Waals surface area contributed by atoms with E-state index in [0.717, 1.165) is 18.5 Å². The van der Waals surface area contributed by atoms with Crippen molar-refractivity contribution in [3.8, 4) is 0 Å². The summed E-state index contributed by atoms with van der Waals surface area (Å²) in [5, 5.41) is 3.55. The van der Waals surface area contributed by atoms with Crippen molar-refractivity contribution >= 4 is 0 Å². The van der Waals surface area contributed by atoms with Gasteiger partial charge in [-0.1, -0.05) is 27.7 Å². The minimum atomic E-state index is 0.575. The fourth-order valence-electron chi connectivity index (χ4n) is 2.13. The van der Waals surface area contributed by atoms with Crippen molar-refractivity contribution in [1.82, 2.24) is 5.32 Å². The highest BCUT2D eigenvalue weighted by Crippen LogP contribution is 2.39. The summed E-state index contributed by atoms with van der Waals surface area (Å²) in [6.07, 6.45) is 4.11. The van der Waals surface area contributed by atoms with Crippen LogP contribution in [0.4, 0.5) is 0 Å². The van der Waals surface area contributed by atoms with E-state index in [9.17, 15) is 0 Å². The van der Waals surface area contributed by atoms with Crippen molar-refractivity contribution in [3.05, 3.63) is 0 Å². The van der Waals surface area contributed by atoms with Gasteiger partial charge in [-0.05, 0) is 37.1 Å². The van der Waals surface area contributed by atoms with Crippen LogP contribution in [0.3, 0.4) is 0 Å². The van der Waals surface area contributed by atoms with E-state index in [1.165, 1.54) is 19.3 Å². The Morgan fingerprint density at radius 1 is 1.42 bits per heavy atom. The van der Waals surface area contributed by atoms with Gasteiger partial charge >= 0.3 is 0 Å². The Labute approximate surface area is 76.9 Å². The van der Waals surface area contributed by atoms with Crippen LogP contribution in [-0.4, -0.2) is 12.6 Å². The quantitative estimate of drug-likeness (QED) is 0.670. The fourth-order valence-corrected chi connectivity index (χ4v) is 2.13. The molecule has 0 aromatic heterocycles. The number of nitrogens with one attached hydrogen (secondary N) is 1. The first-order chi connectivity index (χ1) is 5.56. The lowest BCUT2D eigenvalue weighted by Gasteiger charge is -2.40. The SMILES string of the molecule is CCN[C@H]1CCC(C)(C)C(C)C1. The van der Waals surface area contributed by atoms with Crippen LogP contribution in [-0.2, 0) is 0 Å². The van der Waals surface area contributed by atoms with Gasteiger partial charge in [0.2, 0.25) is 0 Å². The van der Waals surface area contributed by atoms with Gasteiger partial charge in [0.05, 0.1) is 0 Å². The van der Waals surface area contributed by atoms with Crippen molar-refractivity contribution < 1.29 is 0 Å². The van der Waals surface area contributed by atoms with Gasteiger partial charge in [-0.25, -0.2) is 0 Å². The van der Waals surface area contributed by atoms with E-state index in [1.54, 1.807) is 0 Å². The van der Waals surface area contributed by atoms with Gasteiger partial charge in [-0.15, -0.1) is 0 Å². The number of hydrogen-bond acceptors (Lipinski definition) is 1. The van der Waals surface area contributed by atoms with Crippen LogP contribution in [0.2, 0.25) is 0 Å². The summed E-state index contributed by atoms with van der Waals surface area (Å²) >= 11 is 0. The monoisotopic (exact) mass is 169 g/mol. The van der Waals surface area contributed by atoms with Crippen molar-refractivity contribution in [2.24, 2.45) is 11.3 Å². The van der Waals surface area contributed by atoms with Crippen molar-refractivity contribution in [3.63, 3.8) is 0 Å². The zero-order valence-corrected chi connectivity index (χ0v) is 8.98. The molecule has 0 saturated heterocycles. The molecule has 1 rings (SSSR count). The van der Waals surface area contributed by atoms with E-state index in [0.29, 0.717) is 5.41 Å². The third-order valence-corrected chi connectivity index (χ3v) is 3.60. The lowest BCUT2D eigenvalue weighted by Crippen LogP contribution is -2.40. The Kier molecular flexibility index (Phi) is 3.16. The molecule has 72 valence electrons.